The molecule has 178 valence electrons. The maximum atomic E-state index is 12.8. The van der Waals surface area contributed by atoms with Crippen LogP contribution in [0.2, 0.25) is 0 Å². The van der Waals surface area contributed by atoms with Crippen molar-refractivity contribution in [2.24, 2.45) is 0 Å². The maximum Gasteiger partial charge on any atom is 0.244 e. The number of rotatable bonds is 6. The summed E-state index contributed by atoms with van der Waals surface area (Å²) in [6.07, 6.45) is 1.76. The van der Waals surface area contributed by atoms with Gasteiger partial charge < -0.3 is 19.3 Å². The first-order chi connectivity index (χ1) is 15.9. The van der Waals surface area contributed by atoms with Gasteiger partial charge in [-0.1, -0.05) is 12.1 Å². The highest BCUT2D eigenvalue weighted by molar-refractivity contribution is 7.89. The topological polar surface area (TPSA) is 92.3 Å². The van der Waals surface area contributed by atoms with Crippen LogP contribution in [-0.2, 0) is 26.0 Å². The van der Waals surface area contributed by atoms with Crippen LogP contribution >= 0.6 is 0 Å². The van der Waals surface area contributed by atoms with Gasteiger partial charge in [-0.25, -0.2) is 13.4 Å². The van der Waals surface area contributed by atoms with Crippen molar-refractivity contribution in [3.8, 4) is 5.75 Å². The van der Waals surface area contributed by atoms with Crippen LogP contribution in [0.25, 0.3) is 0 Å². The molecular formula is C23H30N4O5S. The first-order valence-corrected chi connectivity index (χ1v) is 12.5. The Morgan fingerprint density at radius 2 is 1.79 bits per heavy atom. The minimum absolute atomic E-state index is 0.0838. The monoisotopic (exact) mass is 474 g/mol. The van der Waals surface area contributed by atoms with Crippen LogP contribution in [-0.4, -0.2) is 88.1 Å². The number of anilines is 1. The van der Waals surface area contributed by atoms with E-state index in [1.807, 2.05) is 30.0 Å². The van der Waals surface area contributed by atoms with Crippen molar-refractivity contribution in [3.63, 3.8) is 0 Å². The Kier molecular flexibility index (Phi) is 7.16. The molecule has 4 rings (SSSR count). The number of hydrogen-bond donors (Lipinski definition) is 0. The molecule has 2 aliphatic heterocycles. The third-order valence-electron chi connectivity index (χ3n) is 6.11. The van der Waals surface area contributed by atoms with E-state index in [9.17, 15) is 13.2 Å². The zero-order chi connectivity index (χ0) is 23.4. The summed E-state index contributed by atoms with van der Waals surface area (Å²) in [4.78, 5) is 21.3. The number of ether oxygens (including phenoxy) is 2. The van der Waals surface area contributed by atoms with E-state index in [0.29, 0.717) is 64.7 Å². The van der Waals surface area contributed by atoms with E-state index in [-0.39, 0.29) is 10.8 Å². The first-order valence-electron chi connectivity index (χ1n) is 11.1. The number of aryl methyl sites for hydroxylation is 1. The van der Waals surface area contributed by atoms with E-state index in [0.717, 1.165) is 16.9 Å². The van der Waals surface area contributed by atoms with Gasteiger partial charge in [0.2, 0.25) is 15.9 Å². The minimum Gasteiger partial charge on any atom is -0.496 e. The molecule has 2 saturated heterocycles. The number of benzene rings is 1. The molecule has 0 aliphatic carbocycles. The summed E-state index contributed by atoms with van der Waals surface area (Å²) >= 11 is 0. The highest BCUT2D eigenvalue weighted by Crippen LogP contribution is 2.22. The molecule has 0 saturated carbocycles. The Morgan fingerprint density at radius 1 is 1.06 bits per heavy atom. The number of carbonyl (C=O) groups excluding carboxylic acids is 1. The predicted molar refractivity (Wildman–Crippen MR) is 124 cm³/mol. The third kappa shape index (κ3) is 5.29. The van der Waals surface area contributed by atoms with Crippen LogP contribution in [0.3, 0.4) is 0 Å². The van der Waals surface area contributed by atoms with Gasteiger partial charge in [0, 0.05) is 45.5 Å². The SMILES string of the molecule is COc1cc(CC(=O)N2CCN(c3ccc(S(=O)(=O)N4CCOCC4)cn3)CC2)ccc1C. The molecule has 1 aromatic heterocycles. The van der Waals surface area contributed by atoms with Gasteiger partial charge in [0.05, 0.1) is 26.7 Å². The Hall–Kier alpha value is -2.69. The standard InChI is InChI=1S/C23H30N4O5S/c1-18-3-4-19(15-21(18)31-2)16-23(28)26-9-7-25(8-10-26)22-6-5-20(17-24-22)33(29,30)27-11-13-32-14-12-27/h3-6,15,17H,7-14,16H2,1-2H3. The quantitative estimate of drug-likeness (QED) is 0.623. The zero-order valence-electron chi connectivity index (χ0n) is 19.1. The fourth-order valence-corrected chi connectivity index (χ4v) is 5.45. The van der Waals surface area contributed by atoms with Crippen molar-refractivity contribution in [1.82, 2.24) is 14.2 Å². The van der Waals surface area contributed by atoms with Crippen molar-refractivity contribution in [3.05, 3.63) is 47.7 Å². The lowest BCUT2D eigenvalue weighted by atomic mass is 10.1. The van der Waals surface area contributed by atoms with Crippen LogP contribution in [0.15, 0.2) is 41.4 Å². The number of methoxy groups -OCH3 is 1. The van der Waals surface area contributed by atoms with Crippen molar-refractivity contribution < 1.29 is 22.7 Å². The molecule has 9 nitrogen and oxygen atoms in total. The normalized spacial score (nSPS) is 17.8. The van der Waals surface area contributed by atoms with E-state index in [4.69, 9.17) is 9.47 Å². The molecule has 0 atom stereocenters. The van der Waals surface area contributed by atoms with Gasteiger partial charge in [-0.2, -0.15) is 4.31 Å². The number of hydrogen-bond acceptors (Lipinski definition) is 7. The highest BCUT2D eigenvalue weighted by Gasteiger charge is 2.27. The van der Waals surface area contributed by atoms with E-state index < -0.39 is 10.0 Å². The van der Waals surface area contributed by atoms with Gasteiger partial charge in [0.1, 0.15) is 16.5 Å². The Morgan fingerprint density at radius 3 is 2.42 bits per heavy atom. The van der Waals surface area contributed by atoms with Crippen LogP contribution < -0.4 is 9.64 Å². The minimum atomic E-state index is -3.56. The number of nitrogens with zero attached hydrogens (tertiary/aromatic N) is 4. The second kappa shape index (κ2) is 10.1. The lowest BCUT2D eigenvalue weighted by molar-refractivity contribution is -0.130. The van der Waals surface area contributed by atoms with Gasteiger partial charge >= 0.3 is 0 Å². The van der Waals surface area contributed by atoms with Crippen molar-refractivity contribution >= 4 is 21.7 Å². The molecular weight excluding hydrogens is 444 g/mol. The average molecular weight is 475 g/mol. The molecule has 0 radical (unpaired) electrons. The van der Waals surface area contributed by atoms with Gasteiger partial charge in [-0.15, -0.1) is 0 Å². The molecule has 2 aromatic rings. The second-order valence-corrected chi connectivity index (χ2v) is 10.2. The summed E-state index contributed by atoms with van der Waals surface area (Å²) in [5.41, 5.74) is 1.97. The van der Waals surface area contributed by atoms with Crippen LogP contribution in [0, 0.1) is 6.92 Å². The van der Waals surface area contributed by atoms with Gasteiger partial charge in [0.25, 0.3) is 0 Å². The summed E-state index contributed by atoms with van der Waals surface area (Å²) in [7, 11) is -1.93. The third-order valence-corrected chi connectivity index (χ3v) is 7.99. The summed E-state index contributed by atoms with van der Waals surface area (Å²) in [6, 6.07) is 9.19. The largest absolute Gasteiger partial charge is 0.496 e. The van der Waals surface area contributed by atoms with E-state index in [1.54, 1.807) is 19.2 Å². The van der Waals surface area contributed by atoms with E-state index in [1.165, 1.54) is 10.5 Å². The fourth-order valence-electron chi connectivity index (χ4n) is 4.09. The number of amides is 1. The van der Waals surface area contributed by atoms with Crippen molar-refractivity contribution in [2.75, 3.05) is 64.5 Å². The summed E-state index contributed by atoms with van der Waals surface area (Å²) in [5.74, 6) is 1.59. The molecule has 2 aliphatic rings. The van der Waals surface area contributed by atoms with Crippen molar-refractivity contribution in [1.29, 1.82) is 0 Å². The maximum absolute atomic E-state index is 12.8. The van der Waals surface area contributed by atoms with Crippen LogP contribution in [0.1, 0.15) is 11.1 Å². The number of pyridine rings is 1. The Labute approximate surface area is 195 Å². The zero-order valence-corrected chi connectivity index (χ0v) is 19.9. The van der Waals surface area contributed by atoms with Crippen LogP contribution in [0.5, 0.6) is 5.75 Å². The first kappa shape index (κ1) is 23.5. The highest BCUT2D eigenvalue weighted by atomic mass is 32.2. The average Bonchev–Trinajstić information content (AvgIpc) is 2.86. The molecule has 0 bridgehead atoms. The Bertz CT molecular complexity index is 1080. The van der Waals surface area contributed by atoms with Crippen LogP contribution in [0.4, 0.5) is 5.82 Å². The summed E-state index contributed by atoms with van der Waals surface area (Å²) in [6.45, 7) is 5.98. The molecule has 10 heteroatoms. The smallest absolute Gasteiger partial charge is 0.244 e. The summed E-state index contributed by atoms with van der Waals surface area (Å²) < 4.78 is 37.6. The molecule has 33 heavy (non-hydrogen) atoms. The lowest BCUT2D eigenvalue weighted by Crippen LogP contribution is -2.49. The molecule has 3 heterocycles. The number of piperazine rings is 1. The number of aromatic nitrogens is 1. The summed E-state index contributed by atoms with van der Waals surface area (Å²) in [5, 5.41) is 0. The van der Waals surface area contributed by atoms with Gasteiger partial charge in [-0.05, 0) is 36.2 Å². The molecule has 0 spiro atoms. The number of morpholine rings is 1. The lowest BCUT2D eigenvalue weighted by Gasteiger charge is -2.35. The molecule has 1 aromatic carbocycles. The molecule has 0 N–H and O–H groups in total. The molecule has 1 amide bonds. The van der Waals surface area contributed by atoms with Crippen molar-refractivity contribution in [2.45, 2.75) is 18.2 Å². The number of carbonyl (C=O) groups is 1. The van der Waals surface area contributed by atoms with E-state index in [2.05, 4.69) is 9.88 Å². The number of sulfonamides is 1. The molecule has 2 fully saturated rings. The van der Waals surface area contributed by atoms with Gasteiger partial charge in [-0.3, -0.25) is 4.79 Å². The predicted octanol–water partition coefficient (Wildman–Crippen LogP) is 1.31. The van der Waals surface area contributed by atoms with E-state index >= 15 is 0 Å². The fraction of sp³-hybridized carbons (Fsp3) is 0.478. The Balaban J connectivity index is 1.33. The second-order valence-electron chi connectivity index (χ2n) is 8.22. The van der Waals surface area contributed by atoms with Gasteiger partial charge in [0.15, 0.2) is 0 Å². The molecule has 0 unspecified atom stereocenters.